The van der Waals surface area contributed by atoms with Crippen LogP contribution in [0.2, 0.25) is 0 Å². The van der Waals surface area contributed by atoms with Crippen LogP contribution in [0.5, 0.6) is 0 Å². The van der Waals surface area contributed by atoms with Gasteiger partial charge in [0.2, 0.25) is 0 Å². The summed E-state index contributed by atoms with van der Waals surface area (Å²) < 4.78 is 5.09. The quantitative estimate of drug-likeness (QED) is 0.649. The topological polar surface area (TPSA) is 97.2 Å². The van der Waals surface area contributed by atoms with Crippen molar-refractivity contribution in [3.63, 3.8) is 0 Å². The highest BCUT2D eigenvalue weighted by molar-refractivity contribution is 7.20. The Labute approximate surface area is 146 Å². The van der Waals surface area contributed by atoms with E-state index in [4.69, 9.17) is 9.84 Å². The van der Waals surface area contributed by atoms with Crippen LogP contribution in [0.15, 0.2) is 11.7 Å². The summed E-state index contributed by atoms with van der Waals surface area (Å²) in [5.41, 5.74) is 1.47. The molecule has 0 aliphatic rings. The zero-order chi connectivity index (χ0) is 17.1. The molecule has 3 heterocycles. The number of carbonyl (C=O) groups excluding carboxylic acids is 1. The Morgan fingerprint density at radius 1 is 1.42 bits per heavy atom. The molecule has 2 N–H and O–H groups in total. The monoisotopic (exact) mass is 364 g/mol. The molecule has 0 aromatic carbocycles. The fourth-order valence-corrected chi connectivity index (χ4v) is 4.03. The second-order valence-electron chi connectivity index (χ2n) is 4.92. The van der Waals surface area contributed by atoms with Gasteiger partial charge in [0.05, 0.1) is 30.8 Å². The fraction of sp³-hybridized carbons (Fsp3) is 0.333. The van der Waals surface area contributed by atoms with E-state index in [9.17, 15) is 4.79 Å². The third kappa shape index (κ3) is 3.23. The Bertz CT molecular complexity index is 875. The molecule has 0 bridgehead atoms. The number of esters is 1. The van der Waals surface area contributed by atoms with Crippen molar-refractivity contribution in [2.75, 3.05) is 11.9 Å². The minimum Gasteiger partial charge on any atom is -0.462 e. The SMILES string of the molecule is CCOC(=O)c1sc2ncnc(NCc3nc(CO)cs3)c2c1C. The summed E-state index contributed by atoms with van der Waals surface area (Å²) in [4.78, 5) is 26.2. The Balaban J connectivity index is 1.89. The summed E-state index contributed by atoms with van der Waals surface area (Å²) in [6, 6.07) is 0. The van der Waals surface area contributed by atoms with E-state index in [1.165, 1.54) is 29.0 Å². The molecule has 3 aromatic heterocycles. The molecule has 3 rings (SSSR count). The number of nitrogens with zero attached hydrogens (tertiary/aromatic N) is 3. The van der Waals surface area contributed by atoms with Gasteiger partial charge in [0.1, 0.15) is 26.9 Å². The average Bonchev–Trinajstić information content (AvgIpc) is 3.18. The van der Waals surface area contributed by atoms with Gasteiger partial charge in [0.25, 0.3) is 0 Å². The van der Waals surface area contributed by atoms with Crippen molar-refractivity contribution in [3.8, 4) is 0 Å². The molecular weight excluding hydrogens is 348 g/mol. The van der Waals surface area contributed by atoms with E-state index in [0.717, 1.165) is 20.8 Å². The summed E-state index contributed by atoms with van der Waals surface area (Å²) in [7, 11) is 0. The minimum atomic E-state index is -0.337. The van der Waals surface area contributed by atoms with Gasteiger partial charge in [0.15, 0.2) is 0 Å². The summed E-state index contributed by atoms with van der Waals surface area (Å²) in [6.45, 7) is 4.40. The first-order valence-corrected chi connectivity index (χ1v) is 9.02. The van der Waals surface area contributed by atoms with Crippen molar-refractivity contribution in [1.29, 1.82) is 0 Å². The molecule has 0 atom stereocenters. The average molecular weight is 364 g/mol. The number of rotatable bonds is 6. The first-order valence-electron chi connectivity index (χ1n) is 7.33. The molecule has 0 saturated carbocycles. The van der Waals surface area contributed by atoms with Crippen LogP contribution in [0.4, 0.5) is 5.82 Å². The maximum Gasteiger partial charge on any atom is 0.348 e. The maximum atomic E-state index is 12.0. The van der Waals surface area contributed by atoms with Crippen LogP contribution < -0.4 is 5.32 Å². The van der Waals surface area contributed by atoms with Crippen molar-refractivity contribution >= 4 is 44.7 Å². The van der Waals surface area contributed by atoms with Gasteiger partial charge in [-0.2, -0.15) is 0 Å². The van der Waals surface area contributed by atoms with E-state index >= 15 is 0 Å². The number of aryl methyl sites for hydroxylation is 1. The number of hydrogen-bond donors (Lipinski definition) is 2. The number of ether oxygens (including phenoxy) is 1. The van der Waals surface area contributed by atoms with Crippen molar-refractivity contribution in [2.45, 2.75) is 27.0 Å². The fourth-order valence-electron chi connectivity index (χ4n) is 2.26. The normalized spacial score (nSPS) is 11.0. The number of aliphatic hydroxyl groups excluding tert-OH is 1. The standard InChI is InChI=1S/C15H16N4O3S2/c1-3-22-15(21)12-8(2)11-13(17-7-18-14(11)24-12)16-4-10-19-9(5-20)6-23-10/h6-7,20H,3-5H2,1-2H3,(H,16,17,18). The molecule has 9 heteroatoms. The highest BCUT2D eigenvalue weighted by Gasteiger charge is 2.20. The van der Waals surface area contributed by atoms with Crippen molar-refractivity contribution in [1.82, 2.24) is 15.0 Å². The molecule has 0 unspecified atom stereocenters. The molecule has 0 amide bonds. The predicted molar refractivity (Wildman–Crippen MR) is 93.5 cm³/mol. The van der Waals surface area contributed by atoms with Crippen LogP contribution in [0.25, 0.3) is 10.2 Å². The number of fused-ring (bicyclic) bond motifs is 1. The molecular formula is C15H16N4O3S2. The first-order chi connectivity index (χ1) is 11.6. The van der Waals surface area contributed by atoms with Gasteiger partial charge in [-0.25, -0.2) is 19.7 Å². The number of thiophene rings is 1. The largest absolute Gasteiger partial charge is 0.462 e. The van der Waals surface area contributed by atoms with Crippen LogP contribution in [0.1, 0.15) is 32.9 Å². The van der Waals surface area contributed by atoms with E-state index in [1.807, 2.05) is 12.3 Å². The van der Waals surface area contributed by atoms with E-state index in [2.05, 4.69) is 20.3 Å². The lowest BCUT2D eigenvalue weighted by Gasteiger charge is -2.05. The summed E-state index contributed by atoms with van der Waals surface area (Å²) in [5.74, 6) is 0.321. The lowest BCUT2D eigenvalue weighted by molar-refractivity contribution is 0.0531. The Kier molecular flexibility index (Phi) is 5.03. The number of aromatic nitrogens is 3. The number of anilines is 1. The number of nitrogens with one attached hydrogen (secondary N) is 1. The molecule has 0 spiro atoms. The van der Waals surface area contributed by atoms with Crippen molar-refractivity contribution in [3.05, 3.63) is 32.8 Å². The van der Waals surface area contributed by atoms with Crippen LogP contribution in [-0.4, -0.2) is 32.6 Å². The minimum absolute atomic E-state index is 0.0687. The van der Waals surface area contributed by atoms with Gasteiger partial charge in [-0.1, -0.05) is 0 Å². The van der Waals surface area contributed by atoms with E-state index in [0.29, 0.717) is 29.5 Å². The summed E-state index contributed by atoms with van der Waals surface area (Å²) >= 11 is 2.77. The lowest BCUT2D eigenvalue weighted by atomic mass is 10.2. The zero-order valence-electron chi connectivity index (χ0n) is 13.2. The number of aliphatic hydroxyl groups is 1. The molecule has 0 aliphatic carbocycles. The van der Waals surface area contributed by atoms with Crippen molar-refractivity contribution < 1.29 is 14.6 Å². The molecule has 0 fully saturated rings. The van der Waals surface area contributed by atoms with Crippen LogP contribution in [0.3, 0.4) is 0 Å². The highest BCUT2D eigenvalue weighted by Crippen LogP contribution is 2.33. The third-order valence-corrected chi connectivity index (χ3v) is 5.43. The number of hydrogen-bond acceptors (Lipinski definition) is 9. The molecule has 0 aliphatic heterocycles. The van der Waals surface area contributed by atoms with Crippen LogP contribution >= 0.6 is 22.7 Å². The third-order valence-electron chi connectivity index (χ3n) is 3.36. The van der Waals surface area contributed by atoms with E-state index in [-0.39, 0.29) is 12.6 Å². The first kappa shape index (κ1) is 16.7. The number of thiazole rings is 1. The smallest absolute Gasteiger partial charge is 0.348 e. The van der Waals surface area contributed by atoms with E-state index in [1.54, 1.807) is 6.92 Å². The lowest BCUT2D eigenvalue weighted by Crippen LogP contribution is -2.04. The second kappa shape index (κ2) is 7.20. The highest BCUT2D eigenvalue weighted by atomic mass is 32.1. The van der Waals surface area contributed by atoms with Gasteiger partial charge in [-0.05, 0) is 19.4 Å². The molecule has 0 saturated heterocycles. The molecule has 3 aromatic rings. The molecule has 7 nitrogen and oxygen atoms in total. The van der Waals surface area contributed by atoms with Gasteiger partial charge in [-0.15, -0.1) is 22.7 Å². The molecule has 0 radical (unpaired) electrons. The Morgan fingerprint density at radius 2 is 2.25 bits per heavy atom. The maximum absolute atomic E-state index is 12.0. The number of carbonyl (C=O) groups is 1. The molecule has 24 heavy (non-hydrogen) atoms. The summed E-state index contributed by atoms with van der Waals surface area (Å²) in [6.07, 6.45) is 1.47. The zero-order valence-corrected chi connectivity index (χ0v) is 14.8. The van der Waals surface area contributed by atoms with Gasteiger partial charge >= 0.3 is 5.97 Å². The van der Waals surface area contributed by atoms with Gasteiger partial charge < -0.3 is 15.2 Å². The second-order valence-corrected chi connectivity index (χ2v) is 6.87. The van der Waals surface area contributed by atoms with Gasteiger partial charge in [0, 0.05) is 5.38 Å². The Morgan fingerprint density at radius 3 is 2.96 bits per heavy atom. The summed E-state index contributed by atoms with van der Waals surface area (Å²) in [5, 5.41) is 15.8. The van der Waals surface area contributed by atoms with Crippen LogP contribution in [-0.2, 0) is 17.9 Å². The Hall–Kier alpha value is -2.10. The van der Waals surface area contributed by atoms with Crippen LogP contribution in [0, 0.1) is 6.92 Å². The predicted octanol–water partition coefficient (Wildman–Crippen LogP) is 2.74. The molecule has 126 valence electrons. The van der Waals surface area contributed by atoms with Gasteiger partial charge in [-0.3, -0.25) is 0 Å². The van der Waals surface area contributed by atoms with E-state index < -0.39 is 0 Å². The van der Waals surface area contributed by atoms with Crippen molar-refractivity contribution in [2.24, 2.45) is 0 Å².